The van der Waals surface area contributed by atoms with E-state index in [9.17, 15) is 4.39 Å². The van der Waals surface area contributed by atoms with E-state index >= 15 is 0 Å². The van der Waals surface area contributed by atoms with E-state index in [0.29, 0.717) is 0 Å². The van der Waals surface area contributed by atoms with Crippen LogP contribution in [-0.4, -0.2) is 21.1 Å². The molecule has 0 unspecified atom stereocenters. The van der Waals surface area contributed by atoms with Gasteiger partial charge in [-0.25, -0.2) is 4.39 Å². The van der Waals surface area contributed by atoms with Gasteiger partial charge in [0, 0.05) is 16.6 Å². The lowest BCUT2D eigenvalue weighted by Gasteiger charge is -2.04. The van der Waals surface area contributed by atoms with Crippen molar-refractivity contribution in [3.8, 4) is 0 Å². The van der Waals surface area contributed by atoms with Crippen molar-refractivity contribution < 1.29 is 4.39 Å². The van der Waals surface area contributed by atoms with Gasteiger partial charge in [0.25, 0.3) is 0 Å². The number of hydrogen-bond acceptors (Lipinski definition) is 4. The number of aryl methyl sites for hydroxylation is 1. The molecule has 134 valence electrons. The second-order valence-electron chi connectivity index (χ2n) is 5.67. The van der Waals surface area contributed by atoms with Crippen molar-refractivity contribution >= 4 is 33.9 Å². The molecular formula is C19H18BrFN4S. The van der Waals surface area contributed by atoms with E-state index in [1.807, 2.05) is 12.1 Å². The molecule has 0 amide bonds. The van der Waals surface area contributed by atoms with E-state index in [0.717, 1.165) is 39.6 Å². The molecule has 3 aromatic rings. The molecule has 3 rings (SSSR count). The van der Waals surface area contributed by atoms with E-state index in [4.69, 9.17) is 0 Å². The molecule has 0 aliphatic rings. The van der Waals surface area contributed by atoms with Gasteiger partial charge >= 0.3 is 0 Å². The summed E-state index contributed by atoms with van der Waals surface area (Å²) < 4.78 is 15.9. The molecular weight excluding hydrogens is 415 g/mol. The van der Waals surface area contributed by atoms with Crippen LogP contribution < -0.4 is 0 Å². The average Bonchev–Trinajstić information content (AvgIpc) is 3.03. The van der Waals surface area contributed by atoms with Crippen molar-refractivity contribution in [3.63, 3.8) is 0 Å². The van der Waals surface area contributed by atoms with E-state index in [1.165, 1.54) is 17.7 Å². The number of thioether (sulfide) groups is 1. The molecule has 0 aliphatic carbocycles. The molecule has 0 saturated carbocycles. The first-order valence-corrected chi connectivity index (χ1v) is 10.0. The highest BCUT2D eigenvalue weighted by Gasteiger charge is 2.11. The van der Waals surface area contributed by atoms with E-state index in [-0.39, 0.29) is 5.82 Å². The predicted octanol–water partition coefficient (Wildman–Crippen LogP) is 5.31. The van der Waals surface area contributed by atoms with Crippen LogP contribution >= 0.6 is 27.7 Å². The summed E-state index contributed by atoms with van der Waals surface area (Å²) >= 11 is 5.04. The minimum absolute atomic E-state index is 0.260. The Labute approximate surface area is 164 Å². The fraction of sp³-hybridized carbons (Fsp3) is 0.211. The predicted molar refractivity (Wildman–Crippen MR) is 107 cm³/mol. The summed E-state index contributed by atoms with van der Waals surface area (Å²) in [6.07, 6.45) is 3.46. The van der Waals surface area contributed by atoms with Crippen LogP contribution in [0, 0.1) is 5.82 Å². The van der Waals surface area contributed by atoms with Crippen molar-refractivity contribution in [1.82, 2.24) is 14.9 Å². The van der Waals surface area contributed by atoms with Gasteiger partial charge in [0.05, 0.1) is 6.21 Å². The van der Waals surface area contributed by atoms with Crippen LogP contribution in [0.25, 0.3) is 0 Å². The van der Waals surface area contributed by atoms with Gasteiger partial charge in [-0.15, -0.1) is 10.2 Å². The summed E-state index contributed by atoms with van der Waals surface area (Å²) in [6.45, 7) is 2.09. The second-order valence-corrected chi connectivity index (χ2v) is 7.53. The monoisotopic (exact) mass is 432 g/mol. The van der Waals surface area contributed by atoms with Crippen LogP contribution in [0.2, 0.25) is 0 Å². The molecule has 0 saturated heterocycles. The van der Waals surface area contributed by atoms with Gasteiger partial charge in [0.2, 0.25) is 5.16 Å². The SMILES string of the molecule is CCCc1nnc(SCc2ccc(Br)cc2)n1/N=C/c1ccc(F)cc1. The maximum Gasteiger partial charge on any atom is 0.212 e. The Bertz CT molecular complexity index is 876. The highest BCUT2D eigenvalue weighted by molar-refractivity contribution is 9.10. The van der Waals surface area contributed by atoms with Crippen LogP contribution in [-0.2, 0) is 12.2 Å². The molecule has 26 heavy (non-hydrogen) atoms. The van der Waals surface area contributed by atoms with E-state index in [2.05, 4.69) is 50.3 Å². The lowest BCUT2D eigenvalue weighted by atomic mass is 10.2. The van der Waals surface area contributed by atoms with E-state index in [1.54, 1.807) is 34.8 Å². The second kappa shape index (κ2) is 9.09. The number of halogens is 2. The van der Waals surface area contributed by atoms with Crippen molar-refractivity contribution in [2.45, 2.75) is 30.7 Å². The smallest absolute Gasteiger partial charge is 0.207 e. The zero-order valence-electron chi connectivity index (χ0n) is 14.3. The van der Waals surface area contributed by atoms with Crippen LogP contribution in [0.15, 0.2) is 63.3 Å². The van der Waals surface area contributed by atoms with Gasteiger partial charge in [-0.05, 0) is 41.8 Å². The van der Waals surface area contributed by atoms with Gasteiger partial charge in [0.15, 0.2) is 5.82 Å². The number of rotatable bonds is 7. The first-order chi connectivity index (χ1) is 12.7. The number of nitrogens with zero attached hydrogens (tertiary/aromatic N) is 4. The third kappa shape index (κ3) is 5.02. The summed E-state index contributed by atoms with van der Waals surface area (Å²) in [5.41, 5.74) is 2.03. The molecule has 4 nitrogen and oxygen atoms in total. The van der Waals surface area contributed by atoms with Gasteiger partial charge < -0.3 is 0 Å². The highest BCUT2D eigenvalue weighted by atomic mass is 79.9. The zero-order chi connectivity index (χ0) is 18.4. The first-order valence-electron chi connectivity index (χ1n) is 8.27. The Morgan fingerprint density at radius 3 is 2.54 bits per heavy atom. The summed E-state index contributed by atoms with van der Waals surface area (Å²) in [7, 11) is 0. The molecule has 1 aromatic heterocycles. The largest absolute Gasteiger partial charge is 0.212 e. The number of benzene rings is 2. The quantitative estimate of drug-likeness (QED) is 0.375. The van der Waals surface area contributed by atoms with E-state index < -0.39 is 0 Å². The molecule has 0 radical (unpaired) electrons. The zero-order valence-corrected chi connectivity index (χ0v) is 16.7. The Morgan fingerprint density at radius 2 is 1.85 bits per heavy atom. The van der Waals surface area contributed by atoms with Crippen molar-refractivity contribution in [1.29, 1.82) is 0 Å². The lowest BCUT2D eigenvalue weighted by Crippen LogP contribution is -2.00. The highest BCUT2D eigenvalue weighted by Crippen LogP contribution is 2.23. The summed E-state index contributed by atoms with van der Waals surface area (Å²) in [5, 5.41) is 13.8. The van der Waals surface area contributed by atoms with Gasteiger partial charge in [-0.1, -0.05) is 58.9 Å². The van der Waals surface area contributed by atoms with Crippen molar-refractivity contribution in [2.24, 2.45) is 5.10 Å². The summed E-state index contributed by atoms with van der Waals surface area (Å²) in [4.78, 5) is 0. The lowest BCUT2D eigenvalue weighted by molar-refractivity contribution is 0.628. The number of hydrogen-bond donors (Lipinski definition) is 0. The van der Waals surface area contributed by atoms with Gasteiger partial charge in [0.1, 0.15) is 5.82 Å². The minimum atomic E-state index is -0.260. The normalized spacial score (nSPS) is 11.3. The maximum absolute atomic E-state index is 13.0. The van der Waals surface area contributed by atoms with Crippen LogP contribution in [0.1, 0.15) is 30.3 Å². The van der Waals surface area contributed by atoms with Crippen LogP contribution in [0.5, 0.6) is 0 Å². The molecule has 0 aliphatic heterocycles. The maximum atomic E-state index is 13.0. The average molecular weight is 433 g/mol. The fourth-order valence-corrected chi connectivity index (χ4v) is 3.41. The van der Waals surface area contributed by atoms with Crippen LogP contribution in [0.4, 0.5) is 4.39 Å². The van der Waals surface area contributed by atoms with Crippen molar-refractivity contribution in [3.05, 3.63) is 75.8 Å². The Kier molecular flexibility index (Phi) is 6.57. The molecule has 0 bridgehead atoms. The van der Waals surface area contributed by atoms with Gasteiger partial charge in [-0.3, -0.25) is 0 Å². The molecule has 7 heteroatoms. The Balaban J connectivity index is 1.79. The molecule has 1 heterocycles. The Hall–Kier alpha value is -1.99. The third-order valence-electron chi connectivity index (χ3n) is 3.62. The van der Waals surface area contributed by atoms with Crippen molar-refractivity contribution in [2.75, 3.05) is 0 Å². The first kappa shape index (κ1) is 18.8. The summed E-state index contributed by atoms with van der Waals surface area (Å²) in [6, 6.07) is 14.4. The summed E-state index contributed by atoms with van der Waals surface area (Å²) in [5.74, 6) is 1.34. The molecule has 0 spiro atoms. The molecule has 0 fully saturated rings. The fourth-order valence-electron chi connectivity index (χ4n) is 2.28. The van der Waals surface area contributed by atoms with Crippen LogP contribution in [0.3, 0.4) is 0 Å². The third-order valence-corrected chi connectivity index (χ3v) is 5.14. The molecule has 0 N–H and O–H groups in total. The molecule has 2 aromatic carbocycles. The topological polar surface area (TPSA) is 43.1 Å². The standard InChI is InChI=1S/C19H18BrFN4S/c1-2-3-18-23-24-19(26-13-15-4-8-16(20)9-5-15)25(18)22-12-14-6-10-17(21)11-7-14/h4-12H,2-3,13H2,1H3/b22-12+. The Morgan fingerprint density at radius 1 is 1.12 bits per heavy atom. The van der Waals surface area contributed by atoms with Gasteiger partial charge in [-0.2, -0.15) is 9.78 Å². The number of aromatic nitrogens is 3. The molecule has 0 atom stereocenters. The minimum Gasteiger partial charge on any atom is -0.207 e.